The predicted molar refractivity (Wildman–Crippen MR) is 80.3 cm³/mol. The highest BCUT2D eigenvalue weighted by atomic mass is 16.3. The largest absolute Gasteiger partial charge is 0.389 e. The van der Waals surface area contributed by atoms with Crippen LogP contribution in [0.25, 0.3) is 0 Å². The summed E-state index contributed by atoms with van der Waals surface area (Å²) in [7, 11) is 0. The summed E-state index contributed by atoms with van der Waals surface area (Å²) in [6.45, 7) is 11.2. The number of rotatable bonds is 8. The van der Waals surface area contributed by atoms with Gasteiger partial charge in [0.1, 0.15) is 0 Å². The third kappa shape index (κ3) is 6.55. The number of aliphatic hydroxyl groups is 1. The maximum absolute atomic E-state index is 9.89. The number of pyridine rings is 1. The van der Waals surface area contributed by atoms with Crippen LogP contribution in [0.3, 0.4) is 0 Å². The highest BCUT2D eigenvalue weighted by Gasteiger charge is 2.17. The van der Waals surface area contributed by atoms with Gasteiger partial charge in [-0.1, -0.05) is 13.8 Å². The Morgan fingerprint density at radius 2 is 2.11 bits per heavy atom. The second-order valence-electron chi connectivity index (χ2n) is 5.58. The smallest absolute Gasteiger partial charge is 0.0718 e. The van der Waals surface area contributed by atoms with Crippen molar-refractivity contribution in [2.45, 2.75) is 46.3 Å². The molecule has 2 N–H and O–H groups in total. The highest BCUT2D eigenvalue weighted by Crippen LogP contribution is 2.12. The van der Waals surface area contributed by atoms with Gasteiger partial charge in [0.25, 0.3) is 0 Å². The van der Waals surface area contributed by atoms with Crippen molar-refractivity contribution in [2.75, 3.05) is 25.0 Å². The van der Waals surface area contributed by atoms with Crippen molar-refractivity contribution in [3.8, 4) is 0 Å². The van der Waals surface area contributed by atoms with Crippen LogP contribution >= 0.6 is 0 Å². The van der Waals surface area contributed by atoms with Gasteiger partial charge >= 0.3 is 0 Å². The molecule has 4 nitrogen and oxygen atoms in total. The van der Waals surface area contributed by atoms with E-state index in [4.69, 9.17) is 0 Å². The van der Waals surface area contributed by atoms with E-state index in [0.717, 1.165) is 37.4 Å². The average Bonchev–Trinajstić information content (AvgIpc) is 2.34. The quantitative estimate of drug-likeness (QED) is 0.758. The van der Waals surface area contributed by atoms with E-state index in [1.54, 1.807) is 0 Å². The summed E-state index contributed by atoms with van der Waals surface area (Å²) in [6.07, 6.45) is 2.95. The monoisotopic (exact) mass is 265 g/mol. The standard InChI is InChI=1S/C15H27N3O/c1-5-8-16-13-7-9-17-14(10-13)11-18(6-2)12-15(3,4)19/h7,9-10,19H,5-6,8,11-12H2,1-4H3,(H,16,17). The van der Waals surface area contributed by atoms with Gasteiger partial charge in [-0.3, -0.25) is 9.88 Å². The maximum atomic E-state index is 9.89. The zero-order chi connectivity index (χ0) is 14.3. The lowest BCUT2D eigenvalue weighted by Gasteiger charge is -2.27. The molecule has 0 spiro atoms. The number of aromatic nitrogens is 1. The summed E-state index contributed by atoms with van der Waals surface area (Å²) >= 11 is 0. The topological polar surface area (TPSA) is 48.4 Å². The molecule has 0 aromatic carbocycles. The minimum absolute atomic E-state index is 0.651. The Labute approximate surface area is 116 Å². The number of nitrogens with one attached hydrogen (secondary N) is 1. The lowest BCUT2D eigenvalue weighted by Crippen LogP contribution is -2.38. The van der Waals surface area contributed by atoms with E-state index in [9.17, 15) is 5.11 Å². The fraction of sp³-hybridized carbons (Fsp3) is 0.667. The number of hydrogen-bond acceptors (Lipinski definition) is 4. The lowest BCUT2D eigenvalue weighted by atomic mass is 10.1. The van der Waals surface area contributed by atoms with Crippen LogP contribution in [0.5, 0.6) is 0 Å². The van der Waals surface area contributed by atoms with Crippen molar-refractivity contribution in [1.29, 1.82) is 0 Å². The first-order valence-corrected chi connectivity index (χ1v) is 7.08. The third-order valence-corrected chi connectivity index (χ3v) is 2.84. The molecule has 0 aliphatic heterocycles. The van der Waals surface area contributed by atoms with E-state index in [0.29, 0.717) is 6.54 Å². The van der Waals surface area contributed by atoms with Gasteiger partial charge in [0.15, 0.2) is 0 Å². The summed E-state index contributed by atoms with van der Waals surface area (Å²) in [5.41, 5.74) is 1.48. The van der Waals surface area contributed by atoms with Gasteiger partial charge in [-0.25, -0.2) is 0 Å². The molecule has 0 amide bonds. The van der Waals surface area contributed by atoms with Crippen LogP contribution in [0.2, 0.25) is 0 Å². The Balaban J connectivity index is 2.63. The number of likely N-dealkylation sites (N-methyl/N-ethyl adjacent to an activating group) is 1. The molecule has 0 fully saturated rings. The van der Waals surface area contributed by atoms with Crippen LogP contribution in [0.1, 0.15) is 39.8 Å². The van der Waals surface area contributed by atoms with E-state index >= 15 is 0 Å². The van der Waals surface area contributed by atoms with E-state index in [-0.39, 0.29) is 0 Å². The molecule has 1 rings (SSSR count). The SMILES string of the molecule is CCCNc1ccnc(CN(CC)CC(C)(C)O)c1. The predicted octanol–water partition coefficient (Wildman–Crippen LogP) is 2.50. The zero-order valence-electron chi connectivity index (χ0n) is 12.6. The molecule has 0 unspecified atom stereocenters. The van der Waals surface area contributed by atoms with Crippen molar-refractivity contribution >= 4 is 5.69 Å². The summed E-state index contributed by atoms with van der Waals surface area (Å²) in [6, 6.07) is 4.08. The van der Waals surface area contributed by atoms with Gasteiger partial charge in [-0.2, -0.15) is 0 Å². The molecule has 0 atom stereocenters. The first kappa shape index (κ1) is 15.9. The molecule has 0 aliphatic rings. The van der Waals surface area contributed by atoms with E-state index in [2.05, 4.69) is 35.1 Å². The number of nitrogens with zero attached hydrogens (tertiary/aromatic N) is 2. The van der Waals surface area contributed by atoms with E-state index in [1.165, 1.54) is 0 Å². The minimum atomic E-state index is -0.673. The van der Waals surface area contributed by atoms with Crippen molar-refractivity contribution in [3.63, 3.8) is 0 Å². The van der Waals surface area contributed by atoms with Crippen molar-refractivity contribution in [1.82, 2.24) is 9.88 Å². The second-order valence-corrected chi connectivity index (χ2v) is 5.58. The van der Waals surface area contributed by atoms with Crippen LogP contribution in [0, 0.1) is 0 Å². The fourth-order valence-corrected chi connectivity index (χ4v) is 2.00. The molecule has 19 heavy (non-hydrogen) atoms. The Morgan fingerprint density at radius 1 is 1.37 bits per heavy atom. The molecule has 0 saturated heterocycles. The van der Waals surface area contributed by atoms with Crippen LogP contribution in [0.4, 0.5) is 5.69 Å². The molecule has 1 aromatic heterocycles. The molecule has 108 valence electrons. The first-order valence-electron chi connectivity index (χ1n) is 7.08. The molecular weight excluding hydrogens is 238 g/mol. The summed E-state index contributed by atoms with van der Waals surface area (Å²) in [5, 5.41) is 13.3. The number of hydrogen-bond donors (Lipinski definition) is 2. The van der Waals surface area contributed by atoms with Crippen molar-refractivity contribution in [3.05, 3.63) is 24.0 Å². The molecule has 0 aliphatic carbocycles. The minimum Gasteiger partial charge on any atom is -0.389 e. The molecule has 4 heteroatoms. The van der Waals surface area contributed by atoms with Gasteiger partial charge < -0.3 is 10.4 Å². The van der Waals surface area contributed by atoms with Gasteiger partial charge in [0, 0.05) is 31.5 Å². The second kappa shape index (κ2) is 7.46. The first-order chi connectivity index (χ1) is 8.94. The van der Waals surface area contributed by atoms with Gasteiger partial charge in [0.2, 0.25) is 0 Å². The van der Waals surface area contributed by atoms with Crippen molar-refractivity contribution in [2.24, 2.45) is 0 Å². The van der Waals surface area contributed by atoms with E-state index < -0.39 is 5.60 Å². The zero-order valence-corrected chi connectivity index (χ0v) is 12.6. The van der Waals surface area contributed by atoms with Gasteiger partial charge in [-0.05, 0) is 38.9 Å². The third-order valence-electron chi connectivity index (χ3n) is 2.84. The molecule has 0 radical (unpaired) electrons. The van der Waals surface area contributed by atoms with Crippen LogP contribution in [-0.2, 0) is 6.54 Å². The molecule has 1 heterocycles. The van der Waals surface area contributed by atoms with Crippen LogP contribution in [-0.4, -0.2) is 40.2 Å². The Bertz CT molecular complexity index is 374. The number of anilines is 1. The molecule has 1 aromatic rings. The van der Waals surface area contributed by atoms with E-state index in [1.807, 2.05) is 26.1 Å². The van der Waals surface area contributed by atoms with Crippen LogP contribution in [0.15, 0.2) is 18.3 Å². The summed E-state index contributed by atoms with van der Waals surface area (Å²) in [4.78, 5) is 6.60. The molecule has 0 bridgehead atoms. The molecular formula is C15H27N3O. The summed E-state index contributed by atoms with van der Waals surface area (Å²) in [5.74, 6) is 0. The van der Waals surface area contributed by atoms with Crippen LogP contribution < -0.4 is 5.32 Å². The fourth-order valence-electron chi connectivity index (χ4n) is 2.00. The Hall–Kier alpha value is -1.13. The van der Waals surface area contributed by atoms with Crippen molar-refractivity contribution < 1.29 is 5.11 Å². The summed E-state index contributed by atoms with van der Waals surface area (Å²) < 4.78 is 0. The van der Waals surface area contributed by atoms with Gasteiger partial charge in [-0.15, -0.1) is 0 Å². The highest BCUT2D eigenvalue weighted by molar-refractivity contribution is 5.43. The average molecular weight is 265 g/mol. The Kier molecular flexibility index (Phi) is 6.25. The normalized spacial score (nSPS) is 11.9. The lowest BCUT2D eigenvalue weighted by molar-refractivity contribution is 0.0350. The van der Waals surface area contributed by atoms with Gasteiger partial charge in [0.05, 0.1) is 11.3 Å². The maximum Gasteiger partial charge on any atom is 0.0718 e. The molecule has 0 saturated carbocycles. The Morgan fingerprint density at radius 3 is 2.68 bits per heavy atom.